The molecule has 20 heavy (non-hydrogen) atoms. The van der Waals surface area contributed by atoms with Crippen molar-refractivity contribution in [2.45, 2.75) is 47.6 Å². The number of esters is 1. The number of rotatable bonds is 6. The number of hydrogen-bond donors (Lipinski definition) is 0. The quantitative estimate of drug-likeness (QED) is 0.744. The van der Waals surface area contributed by atoms with Crippen molar-refractivity contribution in [3.8, 4) is 0 Å². The molecule has 0 aliphatic rings. The molecule has 1 rings (SSSR count). The molecule has 0 fully saturated rings. The topological polar surface area (TPSA) is 86.7 Å². The van der Waals surface area contributed by atoms with Gasteiger partial charge < -0.3 is 13.6 Å². The molecule has 1 aromatic rings. The molecule has 0 amide bonds. The van der Waals surface area contributed by atoms with Gasteiger partial charge in [0, 0.05) is 12.3 Å². The Labute approximate surface area is 117 Å². The fourth-order valence-electron chi connectivity index (χ4n) is 1.54. The lowest BCUT2D eigenvalue weighted by molar-refractivity contribution is -0.158. The lowest BCUT2D eigenvalue weighted by Crippen LogP contribution is -2.30. The SMILES string of the molecule is Cc1oc(=O)oc1COC(=O)C(C)(C)CC(=O)C(C)C. The minimum absolute atomic E-state index is 0.00188. The van der Waals surface area contributed by atoms with Crippen LogP contribution in [0.15, 0.2) is 13.6 Å². The van der Waals surface area contributed by atoms with Crippen LogP contribution in [0.4, 0.5) is 0 Å². The molecule has 0 saturated heterocycles. The van der Waals surface area contributed by atoms with Crippen LogP contribution in [0.2, 0.25) is 0 Å². The lowest BCUT2D eigenvalue weighted by atomic mass is 9.84. The van der Waals surface area contributed by atoms with E-state index in [2.05, 4.69) is 4.42 Å². The van der Waals surface area contributed by atoms with E-state index in [1.165, 1.54) is 0 Å². The van der Waals surface area contributed by atoms with Crippen LogP contribution in [0.5, 0.6) is 0 Å². The van der Waals surface area contributed by atoms with E-state index >= 15 is 0 Å². The van der Waals surface area contributed by atoms with Gasteiger partial charge in [-0.05, 0) is 20.8 Å². The van der Waals surface area contributed by atoms with Crippen LogP contribution in [-0.2, 0) is 20.9 Å². The Bertz CT molecular complexity index is 546. The summed E-state index contributed by atoms with van der Waals surface area (Å²) in [7, 11) is 0. The molecular formula is C14H20O6. The van der Waals surface area contributed by atoms with Crippen LogP contribution in [0, 0.1) is 18.3 Å². The zero-order valence-corrected chi connectivity index (χ0v) is 12.4. The van der Waals surface area contributed by atoms with Gasteiger partial charge in [-0.1, -0.05) is 13.8 Å². The minimum atomic E-state index is -0.917. The molecule has 1 aromatic heterocycles. The molecule has 0 saturated carbocycles. The first kappa shape index (κ1) is 16.2. The Morgan fingerprint density at radius 1 is 1.25 bits per heavy atom. The summed E-state index contributed by atoms with van der Waals surface area (Å²) < 4.78 is 14.5. The summed E-state index contributed by atoms with van der Waals surface area (Å²) in [5, 5.41) is 0. The smallest absolute Gasteiger partial charge is 0.457 e. The Hall–Kier alpha value is -1.85. The maximum absolute atomic E-state index is 12.0. The minimum Gasteiger partial charge on any atom is -0.457 e. The largest absolute Gasteiger partial charge is 0.519 e. The van der Waals surface area contributed by atoms with Crippen LogP contribution in [0.25, 0.3) is 0 Å². The van der Waals surface area contributed by atoms with Crippen LogP contribution in [0.1, 0.15) is 45.6 Å². The molecular weight excluding hydrogens is 264 g/mol. The standard InChI is InChI=1S/C14H20O6/c1-8(2)10(15)6-14(4,5)12(16)18-7-11-9(3)19-13(17)20-11/h8H,6-7H2,1-5H3. The molecule has 0 aliphatic carbocycles. The first-order valence-electron chi connectivity index (χ1n) is 6.43. The molecule has 6 heteroatoms. The predicted molar refractivity (Wildman–Crippen MR) is 70.0 cm³/mol. The van der Waals surface area contributed by atoms with Crippen molar-refractivity contribution in [2.24, 2.45) is 11.3 Å². The third-order valence-electron chi connectivity index (χ3n) is 2.98. The fourth-order valence-corrected chi connectivity index (χ4v) is 1.54. The zero-order valence-electron chi connectivity index (χ0n) is 12.4. The van der Waals surface area contributed by atoms with E-state index in [0.29, 0.717) is 0 Å². The van der Waals surface area contributed by atoms with Crippen molar-refractivity contribution < 1.29 is 23.2 Å². The summed E-state index contributed by atoms with van der Waals surface area (Å²) in [5.74, 6) is -1.03. The van der Waals surface area contributed by atoms with Gasteiger partial charge in [0.25, 0.3) is 0 Å². The number of ether oxygens (including phenoxy) is 1. The second-order valence-electron chi connectivity index (χ2n) is 5.69. The van der Waals surface area contributed by atoms with E-state index in [0.717, 1.165) is 0 Å². The Morgan fingerprint density at radius 2 is 1.85 bits per heavy atom. The third-order valence-corrected chi connectivity index (χ3v) is 2.98. The van der Waals surface area contributed by atoms with Crippen LogP contribution < -0.4 is 5.82 Å². The summed E-state index contributed by atoms with van der Waals surface area (Å²) in [6.45, 7) is 8.22. The van der Waals surface area contributed by atoms with Gasteiger partial charge in [0.05, 0.1) is 5.41 Å². The maximum Gasteiger partial charge on any atom is 0.519 e. The Morgan fingerprint density at radius 3 is 2.30 bits per heavy atom. The number of carbonyl (C=O) groups excluding carboxylic acids is 2. The molecule has 112 valence electrons. The van der Waals surface area contributed by atoms with Gasteiger partial charge in [-0.2, -0.15) is 0 Å². The van der Waals surface area contributed by atoms with E-state index in [-0.39, 0.29) is 36.2 Å². The van der Waals surface area contributed by atoms with Crippen LogP contribution in [-0.4, -0.2) is 11.8 Å². The summed E-state index contributed by atoms with van der Waals surface area (Å²) in [5.41, 5.74) is -0.917. The first-order chi connectivity index (χ1) is 9.13. The molecule has 0 unspecified atom stereocenters. The van der Waals surface area contributed by atoms with Crippen LogP contribution in [0.3, 0.4) is 0 Å². The Balaban J connectivity index is 2.63. The molecule has 1 heterocycles. The lowest BCUT2D eigenvalue weighted by Gasteiger charge is -2.22. The highest BCUT2D eigenvalue weighted by Gasteiger charge is 2.33. The van der Waals surface area contributed by atoms with Crippen molar-refractivity contribution in [3.63, 3.8) is 0 Å². The van der Waals surface area contributed by atoms with Gasteiger partial charge in [-0.3, -0.25) is 9.59 Å². The highest BCUT2D eigenvalue weighted by Crippen LogP contribution is 2.25. The summed E-state index contributed by atoms with van der Waals surface area (Å²) in [6.07, 6.45) is 0.109. The number of ketones is 1. The van der Waals surface area contributed by atoms with Gasteiger partial charge in [0.2, 0.25) is 0 Å². The molecule has 6 nitrogen and oxygen atoms in total. The van der Waals surface area contributed by atoms with Crippen molar-refractivity contribution in [3.05, 3.63) is 22.1 Å². The molecule has 0 spiro atoms. The number of aryl methyl sites for hydroxylation is 1. The van der Waals surface area contributed by atoms with Gasteiger partial charge in [0.1, 0.15) is 5.78 Å². The highest BCUT2D eigenvalue weighted by atomic mass is 16.6. The van der Waals surface area contributed by atoms with Crippen LogP contribution >= 0.6 is 0 Å². The van der Waals surface area contributed by atoms with E-state index < -0.39 is 17.2 Å². The molecule has 0 bridgehead atoms. The second kappa shape index (κ2) is 6.07. The fraction of sp³-hybridized carbons (Fsp3) is 0.643. The van der Waals surface area contributed by atoms with Crippen molar-refractivity contribution in [2.75, 3.05) is 0 Å². The van der Waals surface area contributed by atoms with Crippen molar-refractivity contribution in [1.82, 2.24) is 0 Å². The molecule has 0 radical (unpaired) electrons. The van der Waals surface area contributed by atoms with E-state index in [9.17, 15) is 14.4 Å². The molecule has 0 atom stereocenters. The van der Waals surface area contributed by atoms with Crippen molar-refractivity contribution >= 4 is 11.8 Å². The van der Waals surface area contributed by atoms with E-state index in [1.807, 2.05) is 0 Å². The molecule has 0 N–H and O–H groups in total. The number of Topliss-reactive ketones (excluding diaryl/α,β-unsaturated/α-hetero) is 1. The second-order valence-corrected chi connectivity index (χ2v) is 5.69. The van der Waals surface area contributed by atoms with Gasteiger partial charge >= 0.3 is 11.8 Å². The zero-order chi connectivity index (χ0) is 15.5. The molecule has 0 aliphatic heterocycles. The third kappa shape index (κ3) is 4.08. The average molecular weight is 284 g/mol. The molecule has 0 aromatic carbocycles. The number of carbonyl (C=O) groups is 2. The Kier molecular flexibility index (Phi) is 4.92. The number of hydrogen-bond acceptors (Lipinski definition) is 6. The normalized spacial score (nSPS) is 11.7. The van der Waals surface area contributed by atoms with Gasteiger partial charge in [0.15, 0.2) is 18.1 Å². The maximum atomic E-state index is 12.0. The van der Waals surface area contributed by atoms with Gasteiger partial charge in [-0.15, -0.1) is 0 Å². The monoisotopic (exact) mass is 284 g/mol. The van der Waals surface area contributed by atoms with Crippen molar-refractivity contribution in [1.29, 1.82) is 0 Å². The average Bonchev–Trinajstić information content (AvgIpc) is 2.63. The summed E-state index contributed by atoms with van der Waals surface area (Å²) in [4.78, 5) is 34.6. The van der Waals surface area contributed by atoms with E-state index in [1.54, 1.807) is 34.6 Å². The van der Waals surface area contributed by atoms with Gasteiger partial charge in [-0.25, -0.2) is 4.79 Å². The first-order valence-corrected chi connectivity index (χ1v) is 6.43. The summed E-state index contributed by atoms with van der Waals surface area (Å²) >= 11 is 0. The predicted octanol–water partition coefficient (Wildman–Crippen LogP) is 2.23. The summed E-state index contributed by atoms with van der Waals surface area (Å²) in [6, 6.07) is 0. The highest BCUT2D eigenvalue weighted by molar-refractivity contribution is 5.87. The van der Waals surface area contributed by atoms with E-state index in [4.69, 9.17) is 9.15 Å².